The van der Waals surface area contributed by atoms with Crippen molar-refractivity contribution in [2.45, 2.75) is 31.8 Å². The van der Waals surface area contributed by atoms with Gasteiger partial charge in [0.25, 0.3) is 0 Å². The van der Waals surface area contributed by atoms with Gasteiger partial charge in [-0.25, -0.2) is 4.98 Å². The number of hydrogen-bond acceptors (Lipinski definition) is 4. The summed E-state index contributed by atoms with van der Waals surface area (Å²) in [6.45, 7) is 1.81. The lowest BCUT2D eigenvalue weighted by Crippen LogP contribution is -2.38. The van der Waals surface area contributed by atoms with Gasteiger partial charge in [0.1, 0.15) is 11.9 Å². The van der Waals surface area contributed by atoms with Crippen molar-refractivity contribution in [3.8, 4) is 0 Å². The molecule has 2 N–H and O–H groups in total. The molecule has 1 heterocycles. The standard InChI is InChI=1S/C10H14N4O/c1-7(10(15)14-8-2-3-8)13-9-6-11-4-5-12-9/h4-8H,2-3H2,1H3,(H,12,13)(H,14,15). The predicted octanol–water partition coefficient (Wildman–Crippen LogP) is 0.556. The molecule has 1 fully saturated rings. The molecule has 1 unspecified atom stereocenters. The molecule has 1 aromatic heterocycles. The van der Waals surface area contributed by atoms with E-state index >= 15 is 0 Å². The Labute approximate surface area is 88.3 Å². The topological polar surface area (TPSA) is 66.9 Å². The van der Waals surface area contributed by atoms with E-state index in [1.54, 1.807) is 18.6 Å². The van der Waals surface area contributed by atoms with Crippen molar-refractivity contribution < 1.29 is 4.79 Å². The first-order valence-corrected chi connectivity index (χ1v) is 5.08. The summed E-state index contributed by atoms with van der Waals surface area (Å²) >= 11 is 0. The van der Waals surface area contributed by atoms with Gasteiger partial charge >= 0.3 is 0 Å². The van der Waals surface area contributed by atoms with Gasteiger partial charge in [0.2, 0.25) is 5.91 Å². The lowest BCUT2D eigenvalue weighted by molar-refractivity contribution is -0.121. The van der Waals surface area contributed by atoms with Crippen LogP contribution in [-0.4, -0.2) is 28.0 Å². The Hall–Kier alpha value is -1.65. The van der Waals surface area contributed by atoms with Crippen molar-refractivity contribution in [3.63, 3.8) is 0 Å². The molecule has 15 heavy (non-hydrogen) atoms. The summed E-state index contributed by atoms with van der Waals surface area (Å²) in [4.78, 5) is 19.5. The SMILES string of the molecule is CC(Nc1cnccn1)C(=O)NC1CC1. The maximum absolute atomic E-state index is 11.6. The molecular formula is C10H14N4O. The van der Waals surface area contributed by atoms with E-state index in [0.29, 0.717) is 11.9 Å². The van der Waals surface area contributed by atoms with E-state index in [9.17, 15) is 4.79 Å². The fourth-order valence-electron chi connectivity index (χ4n) is 1.21. The monoisotopic (exact) mass is 206 g/mol. The highest BCUT2D eigenvalue weighted by atomic mass is 16.2. The Kier molecular flexibility index (Phi) is 2.80. The molecule has 0 aliphatic heterocycles. The first kappa shape index (κ1) is 9.89. The molecule has 1 amide bonds. The number of amides is 1. The normalized spacial score (nSPS) is 16.9. The second-order valence-corrected chi connectivity index (χ2v) is 3.74. The van der Waals surface area contributed by atoms with Crippen molar-refractivity contribution in [3.05, 3.63) is 18.6 Å². The number of nitrogens with zero attached hydrogens (tertiary/aromatic N) is 2. The van der Waals surface area contributed by atoms with E-state index in [1.807, 2.05) is 6.92 Å². The zero-order chi connectivity index (χ0) is 10.7. The number of rotatable bonds is 4. The van der Waals surface area contributed by atoms with E-state index in [-0.39, 0.29) is 11.9 Å². The summed E-state index contributed by atoms with van der Waals surface area (Å²) in [5, 5.41) is 5.91. The second-order valence-electron chi connectivity index (χ2n) is 3.74. The third-order valence-corrected chi connectivity index (χ3v) is 2.24. The van der Waals surface area contributed by atoms with Crippen LogP contribution in [0.4, 0.5) is 5.82 Å². The quantitative estimate of drug-likeness (QED) is 0.755. The van der Waals surface area contributed by atoms with Crippen molar-refractivity contribution >= 4 is 11.7 Å². The van der Waals surface area contributed by atoms with Gasteiger partial charge in [-0.05, 0) is 19.8 Å². The van der Waals surface area contributed by atoms with Gasteiger partial charge in [-0.15, -0.1) is 0 Å². The van der Waals surface area contributed by atoms with E-state index < -0.39 is 0 Å². The molecule has 1 saturated carbocycles. The highest BCUT2D eigenvalue weighted by Crippen LogP contribution is 2.18. The summed E-state index contributed by atoms with van der Waals surface area (Å²) < 4.78 is 0. The fraction of sp³-hybridized carbons (Fsp3) is 0.500. The van der Waals surface area contributed by atoms with Gasteiger partial charge in [0, 0.05) is 18.4 Å². The Balaban J connectivity index is 1.85. The van der Waals surface area contributed by atoms with E-state index in [0.717, 1.165) is 12.8 Å². The number of carbonyl (C=O) groups is 1. The molecular weight excluding hydrogens is 192 g/mol. The van der Waals surface area contributed by atoms with Crippen LogP contribution in [0, 0.1) is 0 Å². The highest BCUT2D eigenvalue weighted by molar-refractivity contribution is 5.84. The molecule has 1 aliphatic carbocycles. The molecule has 0 radical (unpaired) electrons. The van der Waals surface area contributed by atoms with Crippen LogP contribution < -0.4 is 10.6 Å². The van der Waals surface area contributed by atoms with E-state index in [4.69, 9.17) is 0 Å². The molecule has 5 heteroatoms. The minimum atomic E-state index is -0.276. The number of anilines is 1. The summed E-state index contributed by atoms with van der Waals surface area (Å²) in [6, 6.07) is 0.117. The number of carbonyl (C=O) groups excluding carboxylic acids is 1. The lowest BCUT2D eigenvalue weighted by Gasteiger charge is -2.13. The van der Waals surface area contributed by atoms with Crippen LogP contribution in [0.15, 0.2) is 18.6 Å². The molecule has 2 rings (SSSR count). The Morgan fingerprint density at radius 3 is 2.93 bits per heavy atom. The molecule has 0 spiro atoms. The molecule has 1 aromatic rings. The maximum atomic E-state index is 11.6. The predicted molar refractivity (Wildman–Crippen MR) is 56.3 cm³/mol. The van der Waals surface area contributed by atoms with Crippen LogP contribution >= 0.6 is 0 Å². The van der Waals surface area contributed by atoms with Crippen molar-refractivity contribution in [2.24, 2.45) is 0 Å². The summed E-state index contributed by atoms with van der Waals surface area (Å²) in [5.74, 6) is 0.638. The first-order chi connectivity index (χ1) is 7.25. The minimum absolute atomic E-state index is 0.0168. The van der Waals surface area contributed by atoms with Crippen LogP contribution in [0.1, 0.15) is 19.8 Å². The van der Waals surface area contributed by atoms with Crippen molar-refractivity contribution in [1.29, 1.82) is 0 Å². The largest absolute Gasteiger partial charge is 0.357 e. The smallest absolute Gasteiger partial charge is 0.242 e. The van der Waals surface area contributed by atoms with Gasteiger partial charge in [0.15, 0.2) is 0 Å². The van der Waals surface area contributed by atoms with E-state index in [1.165, 1.54) is 0 Å². The van der Waals surface area contributed by atoms with Crippen LogP contribution in [-0.2, 0) is 4.79 Å². The van der Waals surface area contributed by atoms with Gasteiger partial charge in [-0.1, -0.05) is 0 Å². The second kappa shape index (κ2) is 4.25. The summed E-state index contributed by atoms with van der Waals surface area (Å²) in [6.07, 6.45) is 6.99. The third-order valence-electron chi connectivity index (χ3n) is 2.24. The molecule has 0 aromatic carbocycles. The van der Waals surface area contributed by atoms with Crippen LogP contribution in [0.2, 0.25) is 0 Å². The number of hydrogen-bond donors (Lipinski definition) is 2. The van der Waals surface area contributed by atoms with E-state index in [2.05, 4.69) is 20.6 Å². The molecule has 5 nitrogen and oxygen atoms in total. The molecule has 80 valence electrons. The minimum Gasteiger partial charge on any atom is -0.357 e. The number of aromatic nitrogens is 2. The van der Waals surface area contributed by atoms with Crippen LogP contribution in [0.25, 0.3) is 0 Å². The van der Waals surface area contributed by atoms with Crippen LogP contribution in [0.5, 0.6) is 0 Å². The molecule has 1 atom stereocenters. The third kappa shape index (κ3) is 2.90. The van der Waals surface area contributed by atoms with Gasteiger partial charge < -0.3 is 10.6 Å². The van der Waals surface area contributed by atoms with Gasteiger partial charge in [-0.3, -0.25) is 9.78 Å². The van der Waals surface area contributed by atoms with Crippen molar-refractivity contribution in [2.75, 3.05) is 5.32 Å². The van der Waals surface area contributed by atoms with Crippen molar-refractivity contribution in [1.82, 2.24) is 15.3 Å². The number of nitrogens with one attached hydrogen (secondary N) is 2. The molecule has 0 bridgehead atoms. The first-order valence-electron chi connectivity index (χ1n) is 5.08. The molecule has 1 aliphatic rings. The van der Waals surface area contributed by atoms with Gasteiger partial charge in [-0.2, -0.15) is 0 Å². The Bertz CT molecular complexity index is 337. The summed E-state index contributed by atoms with van der Waals surface area (Å²) in [5.41, 5.74) is 0. The Morgan fingerprint density at radius 2 is 2.33 bits per heavy atom. The average molecular weight is 206 g/mol. The summed E-state index contributed by atoms with van der Waals surface area (Å²) in [7, 11) is 0. The highest BCUT2D eigenvalue weighted by Gasteiger charge is 2.25. The average Bonchev–Trinajstić information content (AvgIpc) is 3.03. The molecule has 0 saturated heterocycles. The Morgan fingerprint density at radius 1 is 1.53 bits per heavy atom. The zero-order valence-corrected chi connectivity index (χ0v) is 8.60. The van der Waals surface area contributed by atoms with Crippen LogP contribution in [0.3, 0.4) is 0 Å². The fourth-order valence-corrected chi connectivity index (χ4v) is 1.21. The zero-order valence-electron chi connectivity index (χ0n) is 8.60. The van der Waals surface area contributed by atoms with Gasteiger partial charge in [0.05, 0.1) is 6.20 Å². The lowest BCUT2D eigenvalue weighted by atomic mass is 10.3. The maximum Gasteiger partial charge on any atom is 0.242 e.